The van der Waals surface area contributed by atoms with Gasteiger partial charge in [-0.3, -0.25) is 9.59 Å². The van der Waals surface area contributed by atoms with Crippen molar-refractivity contribution in [3.05, 3.63) is 59.7 Å². The van der Waals surface area contributed by atoms with Crippen LogP contribution in [-0.2, 0) is 11.2 Å². The van der Waals surface area contributed by atoms with Crippen molar-refractivity contribution in [1.29, 1.82) is 0 Å². The fourth-order valence-corrected chi connectivity index (χ4v) is 3.90. The molecule has 0 bridgehead atoms. The molecule has 0 radical (unpaired) electrons. The number of likely N-dealkylation sites (tertiary alicyclic amines) is 1. The summed E-state index contributed by atoms with van der Waals surface area (Å²) in [5.74, 6) is 1.83. The fourth-order valence-electron chi connectivity index (χ4n) is 3.90. The summed E-state index contributed by atoms with van der Waals surface area (Å²) in [6.07, 6.45) is 5.05. The van der Waals surface area contributed by atoms with Gasteiger partial charge in [0.05, 0.1) is 7.11 Å². The molecular formula is C24H28N2O3. The lowest BCUT2D eigenvalue weighted by atomic mass is 9.90. The summed E-state index contributed by atoms with van der Waals surface area (Å²) in [6.45, 7) is 1.58. The Labute approximate surface area is 172 Å². The van der Waals surface area contributed by atoms with Gasteiger partial charge in [0, 0.05) is 30.3 Å². The van der Waals surface area contributed by atoms with E-state index in [2.05, 4.69) is 17.4 Å². The topological polar surface area (TPSA) is 58.6 Å². The van der Waals surface area contributed by atoms with Crippen molar-refractivity contribution in [2.75, 3.05) is 25.5 Å². The first-order chi connectivity index (χ1) is 14.1. The molecule has 5 nitrogen and oxygen atoms in total. The first-order valence-corrected chi connectivity index (χ1v) is 10.5. The highest BCUT2D eigenvalue weighted by Crippen LogP contribution is 2.30. The predicted molar refractivity (Wildman–Crippen MR) is 113 cm³/mol. The summed E-state index contributed by atoms with van der Waals surface area (Å²) >= 11 is 0. The Bertz CT molecular complexity index is 849. The number of carbonyl (C=O) groups is 2. The zero-order valence-electron chi connectivity index (χ0n) is 16.9. The zero-order valence-corrected chi connectivity index (χ0v) is 16.9. The fraction of sp³-hybridized carbons (Fsp3) is 0.417. The second kappa shape index (κ2) is 8.68. The van der Waals surface area contributed by atoms with E-state index < -0.39 is 0 Å². The first-order valence-electron chi connectivity index (χ1n) is 10.5. The van der Waals surface area contributed by atoms with Crippen LogP contribution in [0.1, 0.15) is 41.6 Å². The number of nitrogens with zero attached hydrogens (tertiary/aromatic N) is 1. The van der Waals surface area contributed by atoms with Crippen LogP contribution in [0.2, 0.25) is 0 Å². The Morgan fingerprint density at radius 3 is 2.21 bits per heavy atom. The molecule has 2 fully saturated rings. The van der Waals surface area contributed by atoms with Gasteiger partial charge in [-0.05, 0) is 80.0 Å². The van der Waals surface area contributed by atoms with E-state index in [9.17, 15) is 9.59 Å². The molecule has 1 saturated carbocycles. The Hall–Kier alpha value is -2.82. The number of anilines is 1. The highest BCUT2D eigenvalue weighted by atomic mass is 16.5. The number of benzene rings is 2. The van der Waals surface area contributed by atoms with Gasteiger partial charge < -0.3 is 15.0 Å². The van der Waals surface area contributed by atoms with Gasteiger partial charge in [0.2, 0.25) is 5.91 Å². The molecule has 1 aliphatic heterocycles. The van der Waals surface area contributed by atoms with Crippen molar-refractivity contribution in [2.24, 2.45) is 11.8 Å². The minimum Gasteiger partial charge on any atom is -0.497 e. The van der Waals surface area contributed by atoms with E-state index in [1.165, 1.54) is 5.56 Å². The van der Waals surface area contributed by atoms with Crippen molar-refractivity contribution >= 4 is 17.5 Å². The number of piperidine rings is 1. The molecule has 152 valence electrons. The molecule has 1 N–H and O–H groups in total. The molecule has 5 heteroatoms. The summed E-state index contributed by atoms with van der Waals surface area (Å²) in [5.41, 5.74) is 2.76. The van der Waals surface area contributed by atoms with Crippen LogP contribution < -0.4 is 10.1 Å². The average molecular weight is 392 g/mol. The normalized spacial score (nSPS) is 17.1. The molecule has 0 unspecified atom stereocenters. The van der Waals surface area contributed by atoms with Gasteiger partial charge in [-0.25, -0.2) is 0 Å². The summed E-state index contributed by atoms with van der Waals surface area (Å²) in [4.78, 5) is 26.6. The molecule has 4 rings (SSSR count). The van der Waals surface area contributed by atoms with Crippen LogP contribution in [0.15, 0.2) is 48.5 Å². The maximum Gasteiger partial charge on any atom is 0.253 e. The van der Waals surface area contributed by atoms with Gasteiger partial charge in [0.25, 0.3) is 5.91 Å². The Morgan fingerprint density at radius 2 is 1.62 bits per heavy atom. The van der Waals surface area contributed by atoms with Gasteiger partial charge >= 0.3 is 0 Å². The SMILES string of the molecule is COc1ccc(CC2CCN(C(=O)c3ccc(NC(=O)C4CC4)cc3)CC2)cc1. The largest absolute Gasteiger partial charge is 0.497 e. The molecule has 0 spiro atoms. The van der Waals surface area contributed by atoms with Crippen LogP contribution in [-0.4, -0.2) is 36.9 Å². The number of amides is 2. The van der Waals surface area contributed by atoms with Crippen LogP contribution >= 0.6 is 0 Å². The standard InChI is InChI=1S/C24H28N2O3/c1-29-22-10-2-17(3-11-22)16-18-12-14-26(15-13-18)24(28)20-6-8-21(9-7-20)25-23(27)19-4-5-19/h2-3,6-11,18-19H,4-5,12-16H2,1H3,(H,25,27). The number of rotatable bonds is 6. The summed E-state index contributed by atoms with van der Waals surface area (Å²) < 4.78 is 5.22. The van der Waals surface area contributed by atoms with Crippen molar-refractivity contribution in [3.8, 4) is 5.75 Å². The highest BCUT2D eigenvalue weighted by molar-refractivity contribution is 5.96. The molecule has 0 atom stereocenters. The quantitative estimate of drug-likeness (QED) is 0.804. The van der Waals surface area contributed by atoms with Gasteiger partial charge in [0.1, 0.15) is 5.75 Å². The van der Waals surface area contributed by atoms with E-state index in [0.29, 0.717) is 11.5 Å². The van der Waals surface area contributed by atoms with Crippen molar-refractivity contribution in [3.63, 3.8) is 0 Å². The molecule has 1 heterocycles. The Morgan fingerprint density at radius 1 is 0.966 bits per heavy atom. The van der Waals surface area contributed by atoms with Gasteiger partial charge in [0.15, 0.2) is 0 Å². The minimum atomic E-state index is 0.0768. The number of carbonyl (C=O) groups excluding carboxylic acids is 2. The van der Waals surface area contributed by atoms with Crippen molar-refractivity contribution in [2.45, 2.75) is 32.1 Å². The van der Waals surface area contributed by atoms with Gasteiger partial charge in [-0.15, -0.1) is 0 Å². The van der Waals surface area contributed by atoms with Gasteiger partial charge in [-0.2, -0.15) is 0 Å². The predicted octanol–water partition coefficient (Wildman–Crippen LogP) is 4.14. The molecule has 29 heavy (non-hydrogen) atoms. The van der Waals surface area contributed by atoms with Crippen LogP contribution in [0.4, 0.5) is 5.69 Å². The van der Waals surface area contributed by atoms with Crippen LogP contribution in [0.5, 0.6) is 5.75 Å². The third-order valence-electron chi connectivity index (χ3n) is 5.93. The van der Waals surface area contributed by atoms with Gasteiger partial charge in [-0.1, -0.05) is 12.1 Å². The number of ether oxygens (including phenoxy) is 1. The first kappa shape index (κ1) is 19.5. The highest BCUT2D eigenvalue weighted by Gasteiger charge is 2.29. The Balaban J connectivity index is 1.27. The lowest BCUT2D eigenvalue weighted by molar-refractivity contribution is -0.117. The maximum atomic E-state index is 12.8. The monoisotopic (exact) mass is 392 g/mol. The smallest absolute Gasteiger partial charge is 0.253 e. The average Bonchev–Trinajstić information content (AvgIpc) is 3.60. The zero-order chi connectivity index (χ0) is 20.2. The van der Waals surface area contributed by atoms with Crippen LogP contribution in [0.3, 0.4) is 0 Å². The minimum absolute atomic E-state index is 0.0768. The molecule has 0 aromatic heterocycles. The Kier molecular flexibility index (Phi) is 5.84. The molecule has 2 aromatic carbocycles. The second-order valence-corrected chi connectivity index (χ2v) is 8.13. The second-order valence-electron chi connectivity index (χ2n) is 8.13. The third-order valence-corrected chi connectivity index (χ3v) is 5.93. The number of nitrogens with one attached hydrogen (secondary N) is 1. The van der Waals surface area contributed by atoms with Crippen LogP contribution in [0, 0.1) is 11.8 Å². The van der Waals surface area contributed by atoms with E-state index in [0.717, 1.165) is 56.6 Å². The summed E-state index contributed by atoms with van der Waals surface area (Å²) in [5, 5.41) is 2.91. The number of methoxy groups -OCH3 is 1. The molecule has 2 aromatic rings. The van der Waals surface area contributed by atoms with E-state index >= 15 is 0 Å². The van der Waals surface area contributed by atoms with E-state index in [1.807, 2.05) is 41.3 Å². The number of hydrogen-bond acceptors (Lipinski definition) is 3. The molecule has 1 saturated heterocycles. The van der Waals surface area contributed by atoms with E-state index in [1.54, 1.807) is 7.11 Å². The van der Waals surface area contributed by atoms with E-state index in [4.69, 9.17) is 4.74 Å². The van der Waals surface area contributed by atoms with Crippen molar-refractivity contribution < 1.29 is 14.3 Å². The lowest BCUT2D eigenvalue weighted by Gasteiger charge is -2.32. The maximum absolute atomic E-state index is 12.8. The molecular weight excluding hydrogens is 364 g/mol. The summed E-state index contributed by atoms with van der Waals surface area (Å²) in [7, 11) is 1.68. The lowest BCUT2D eigenvalue weighted by Crippen LogP contribution is -2.38. The number of hydrogen-bond donors (Lipinski definition) is 1. The third kappa shape index (κ3) is 4.97. The van der Waals surface area contributed by atoms with Crippen LogP contribution in [0.25, 0.3) is 0 Å². The molecule has 2 aliphatic rings. The summed E-state index contributed by atoms with van der Waals surface area (Å²) in [6, 6.07) is 15.5. The van der Waals surface area contributed by atoms with E-state index in [-0.39, 0.29) is 17.7 Å². The van der Waals surface area contributed by atoms with Crippen molar-refractivity contribution in [1.82, 2.24) is 4.90 Å². The molecule has 1 aliphatic carbocycles. The molecule has 2 amide bonds.